The Bertz CT molecular complexity index is 887. The van der Waals surface area contributed by atoms with E-state index in [2.05, 4.69) is 10.3 Å². The van der Waals surface area contributed by atoms with Gasteiger partial charge in [0, 0.05) is 35.4 Å². The second-order valence-electron chi connectivity index (χ2n) is 6.16. The van der Waals surface area contributed by atoms with Gasteiger partial charge >= 0.3 is 0 Å². The number of rotatable bonds is 9. The summed E-state index contributed by atoms with van der Waals surface area (Å²) in [6.45, 7) is 4.16. The topological polar surface area (TPSA) is 43.4 Å². The van der Waals surface area contributed by atoms with Crippen LogP contribution in [0.3, 0.4) is 0 Å². The molecule has 3 rings (SSSR count). The summed E-state index contributed by atoms with van der Waals surface area (Å²) in [4.78, 5) is 4.30. The average molecular weight is 417 g/mol. The summed E-state index contributed by atoms with van der Waals surface area (Å²) in [5.41, 5.74) is 2.94. The third-order valence-corrected chi connectivity index (χ3v) is 4.67. The van der Waals surface area contributed by atoms with Crippen molar-refractivity contribution in [1.29, 1.82) is 0 Å². The van der Waals surface area contributed by atoms with Gasteiger partial charge in [-0.25, -0.2) is 0 Å². The first kappa shape index (κ1) is 20.5. The summed E-state index contributed by atoms with van der Waals surface area (Å²) in [5, 5.41) is 4.68. The van der Waals surface area contributed by atoms with Crippen LogP contribution in [-0.4, -0.2) is 11.6 Å². The molecule has 0 bridgehead atoms. The molecule has 1 heterocycles. The molecule has 0 saturated heterocycles. The molecule has 2 aromatic carbocycles. The first-order chi connectivity index (χ1) is 13.7. The molecule has 28 heavy (non-hydrogen) atoms. The summed E-state index contributed by atoms with van der Waals surface area (Å²) in [5.74, 6) is 1.30. The molecule has 0 unspecified atom stereocenters. The normalized spacial score (nSPS) is 10.7. The lowest BCUT2D eigenvalue weighted by molar-refractivity contribution is 0.269. The standard InChI is InChI=1S/C22H22Cl2N2O2/c1-2-27-21-11-17(13-25-14-19-5-3-4-10-26-19)20(24)12-22(21)28-15-16-6-8-18(23)9-7-16/h3-12,25H,2,13-15H2,1H3. The van der Waals surface area contributed by atoms with Crippen molar-refractivity contribution in [2.24, 2.45) is 0 Å². The molecule has 0 spiro atoms. The number of aromatic nitrogens is 1. The van der Waals surface area contributed by atoms with Crippen LogP contribution in [0.15, 0.2) is 60.8 Å². The Hall–Kier alpha value is -2.27. The quantitative estimate of drug-likeness (QED) is 0.488. The SMILES string of the molecule is CCOc1cc(CNCc2ccccn2)c(Cl)cc1OCc1ccc(Cl)cc1. The highest BCUT2D eigenvalue weighted by Crippen LogP contribution is 2.34. The zero-order valence-corrected chi connectivity index (χ0v) is 17.1. The van der Waals surface area contributed by atoms with E-state index in [1.54, 1.807) is 12.3 Å². The summed E-state index contributed by atoms with van der Waals surface area (Å²) in [6.07, 6.45) is 1.78. The second-order valence-corrected chi connectivity index (χ2v) is 7.01. The van der Waals surface area contributed by atoms with Crippen LogP contribution in [0.2, 0.25) is 10.0 Å². The molecule has 4 nitrogen and oxygen atoms in total. The maximum atomic E-state index is 6.48. The van der Waals surface area contributed by atoms with E-state index in [1.807, 2.05) is 55.5 Å². The van der Waals surface area contributed by atoms with E-state index in [1.165, 1.54) is 0 Å². The van der Waals surface area contributed by atoms with Gasteiger partial charge in [-0.05, 0) is 48.4 Å². The lowest BCUT2D eigenvalue weighted by atomic mass is 10.2. The van der Waals surface area contributed by atoms with E-state index in [-0.39, 0.29) is 0 Å². The third kappa shape index (κ3) is 5.86. The van der Waals surface area contributed by atoms with E-state index in [9.17, 15) is 0 Å². The number of hydrogen-bond acceptors (Lipinski definition) is 4. The summed E-state index contributed by atoms with van der Waals surface area (Å²) < 4.78 is 11.7. The van der Waals surface area contributed by atoms with Crippen molar-refractivity contribution < 1.29 is 9.47 Å². The Morgan fingerprint density at radius 1 is 0.929 bits per heavy atom. The van der Waals surface area contributed by atoms with Crippen LogP contribution in [0, 0.1) is 0 Å². The highest BCUT2D eigenvalue weighted by molar-refractivity contribution is 6.31. The first-order valence-electron chi connectivity index (χ1n) is 9.08. The molecule has 0 aliphatic rings. The van der Waals surface area contributed by atoms with Crippen molar-refractivity contribution in [3.63, 3.8) is 0 Å². The van der Waals surface area contributed by atoms with Gasteiger partial charge in [-0.3, -0.25) is 4.98 Å². The molecule has 6 heteroatoms. The van der Waals surface area contributed by atoms with Gasteiger partial charge in [0.05, 0.1) is 12.3 Å². The van der Waals surface area contributed by atoms with E-state index in [0.29, 0.717) is 47.8 Å². The molecule has 1 N–H and O–H groups in total. The van der Waals surface area contributed by atoms with Crippen LogP contribution in [0.4, 0.5) is 0 Å². The smallest absolute Gasteiger partial charge is 0.163 e. The fourth-order valence-electron chi connectivity index (χ4n) is 2.66. The molecule has 146 valence electrons. The van der Waals surface area contributed by atoms with Gasteiger partial charge in [-0.15, -0.1) is 0 Å². The van der Waals surface area contributed by atoms with Gasteiger partial charge in [0.25, 0.3) is 0 Å². The zero-order valence-electron chi connectivity index (χ0n) is 15.6. The van der Waals surface area contributed by atoms with Gasteiger partial charge in [-0.2, -0.15) is 0 Å². The van der Waals surface area contributed by atoms with Crippen molar-refractivity contribution >= 4 is 23.2 Å². The predicted molar refractivity (Wildman–Crippen MR) is 113 cm³/mol. The van der Waals surface area contributed by atoms with E-state index < -0.39 is 0 Å². The number of hydrogen-bond donors (Lipinski definition) is 1. The van der Waals surface area contributed by atoms with Crippen LogP contribution in [-0.2, 0) is 19.7 Å². The molecule has 3 aromatic rings. The molecule has 0 radical (unpaired) electrons. The Morgan fingerprint density at radius 2 is 1.71 bits per heavy atom. The Morgan fingerprint density at radius 3 is 2.43 bits per heavy atom. The molecule has 0 amide bonds. The number of benzene rings is 2. The number of pyridine rings is 1. The van der Waals surface area contributed by atoms with Crippen LogP contribution >= 0.6 is 23.2 Å². The van der Waals surface area contributed by atoms with Crippen molar-refractivity contribution in [3.05, 3.63) is 87.7 Å². The number of halogens is 2. The van der Waals surface area contributed by atoms with Crippen molar-refractivity contribution in [2.75, 3.05) is 6.61 Å². The molecule has 0 atom stereocenters. The van der Waals surface area contributed by atoms with Crippen molar-refractivity contribution in [3.8, 4) is 11.5 Å². The highest BCUT2D eigenvalue weighted by Gasteiger charge is 2.12. The maximum absolute atomic E-state index is 6.48. The Kier molecular flexibility index (Phi) is 7.54. The fourth-order valence-corrected chi connectivity index (χ4v) is 3.01. The van der Waals surface area contributed by atoms with Crippen LogP contribution in [0.5, 0.6) is 11.5 Å². The lowest BCUT2D eigenvalue weighted by Crippen LogP contribution is -2.14. The van der Waals surface area contributed by atoms with Crippen LogP contribution < -0.4 is 14.8 Å². The molecular formula is C22H22Cl2N2O2. The summed E-state index contributed by atoms with van der Waals surface area (Å²) in [6, 6.07) is 17.1. The van der Waals surface area contributed by atoms with Crippen LogP contribution in [0.25, 0.3) is 0 Å². The molecule has 0 aliphatic carbocycles. The van der Waals surface area contributed by atoms with E-state index in [4.69, 9.17) is 32.7 Å². The minimum atomic E-state index is 0.408. The molecule has 1 aromatic heterocycles. The van der Waals surface area contributed by atoms with Gasteiger partial charge in [0.2, 0.25) is 0 Å². The highest BCUT2D eigenvalue weighted by atomic mass is 35.5. The van der Waals surface area contributed by atoms with Gasteiger partial charge in [0.1, 0.15) is 6.61 Å². The van der Waals surface area contributed by atoms with E-state index >= 15 is 0 Å². The average Bonchev–Trinajstić information content (AvgIpc) is 2.71. The molecule has 0 aliphatic heterocycles. The van der Waals surface area contributed by atoms with Crippen LogP contribution in [0.1, 0.15) is 23.7 Å². The maximum Gasteiger partial charge on any atom is 0.163 e. The number of ether oxygens (including phenoxy) is 2. The third-order valence-electron chi connectivity index (χ3n) is 4.07. The minimum absolute atomic E-state index is 0.408. The largest absolute Gasteiger partial charge is 0.490 e. The Labute approximate surface area is 175 Å². The second kappa shape index (κ2) is 10.3. The molecule has 0 saturated carbocycles. The lowest BCUT2D eigenvalue weighted by Gasteiger charge is -2.15. The van der Waals surface area contributed by atoms with Crippen molar-refractivity contribution in [1.82, 2.24) is 10.3 Å². The Balaban J connectivity index is 1.67. The number of nitrogens with one attached hydrogen (secondary N) is 1. The number of nitrogens with zero attached hydrogens (tertiary/aromatic N) is 1. The van der Waals surface area contributed by atoms with Gasteiger partial charge < -0.3 is 14.8 Å². The zero-order chi connectivity index (χ0) is 19.8. The monoisotopic (exact) mass is 416 g/mol. The molecular weight excluding hydrogens is 395 g/mol. The predicted octanol–water partition coefficient (Wildman–Crippen LogP) is 5.66. The van der Waals surface area contributed by atoms with Gasteiger partial charge in [-0.1, -0.05) is 41.4 Å². The fraction of sp³-hybridized carbons (Fsp3) is 0.227. The first-order valence-corrected chi connectivity index (χ1v) is 9.84. The summed E-state index contributed by atoms with van der Waals surface area (Å²) in [7, 11) is 0. The van der Waals surface area contributed by atoms with E-state index in [0.717, 1.165) is 16.8 Å². The minimum Gasteiger partial charge on any atom is -0.490 e. The van der Waals surface area contributed by atoms with Gasteiger partial charge in [0.15, 0.2) is 11.5 Å². The summed E-state index contributed by atoms with van der Waals surface area (Å²) >= 11 is 12.4. The van der Waals surface area contributed by atoms with Crippen molar-refractivity contribution in [2.45, 2.75) is 26.6 Å². The molecule has 0 fully saturated rings.